The van der Waals surface area contributed by atoms with Crippen LogP contribution in [0.3, 0.4) is 0 Å². The van der Waals surface area contributed by atoms with Crippen LogP contribution in [0.1, 0.15) is 153 Å². The van der Waals surface area contributed by atoms with Crippen LogP contribution in [0.15, 0.2) is 200 Å². The summed E-state index contributed by atoms with van der Waals surface area (Å²) in [7, 11) is 0. The van der Waals surface area contributed by atoms with Crippen molar-refractivity contribution in [1.82, 2.24) is 0 Å². The molecule has 0 atom stereocenters. The van der Waals surface area contributed by atoms with Gasteiger partial charge in [-0.15, -0.1) is 0 Å². The van der Waals surface area contributed by atoms with Gasteiger partial charge < -0.3 is 0 Å². The lowest BCUT2D eigenvalue weighted by Gasteiger charge is -2.25. The number of rotatable bonds is 9. The fourth-order valence-electron chi connectivity index (χ4n) is 11.3. The first-order valence-electron chi connectivity index (χ1n) is 28.7. The molecule has 0 N–H and O–H groups in total. The van der Waals surface area contributed by atoms with Gasteiger partial charge in [0.25, 0.3) is 0 Å². The first-order valence-corrected chi connectivity index (χ1v) is 28.7. The lowest BCUT2D eigenvalue weighted by molar-refractivity contribution is 0.314. The number of benzene rings is 8. The van der Waals surface area contributed by atoms with E-state index in [4.69, 9.17) is 0 Å². The lowest BCUT2D eigenvalue weighted by Crippen LogP contribution is -2.16. The van der Waals surface area contributed by atoms with E-state index in [-0.39, 0.29) is 10.8 Å². The van der Waals surface area contributed by atoms with Gasteiger partial charge >= 0.3 is 0 Å². The van der Waals surface area contributed by atoms with Crippen molar-refractivity contribution in [2.24, 2.45) is 5.92 Å². The fraction of sp³-hybridized carbons (Fsp3) is 0.299. The number of aryl methyl sites for hydroxylation is 7. The highest BCUT2D eigenvalue weighted by molar-refractivity contribution is 5.86. The van der Waals surface area contributed by atoms with Crippen molar-refractivity contribution in [2.75, 3.05) is 0 Å². The van der Waals surface area contributed by atoms with Crippen LogP contribution in [0.25, 0.3) is 45.0 Å². The van der Waals surface area contributed by atoms with E-state index in [1.165, 1.54) is 137 Å². The number of allylic oxidation sites excluding steroid dienone is 4. The Morgan fingerprint density at radius 1 is 0.455 bits per heavy atom. The normalized spacial score (nSPS) is 14.2. The predicted octanol–water partition coefficient (Wildman–Crippen LogP) is 21.9. The van der Waals surface area contributed by atoms with Crippen LogP contribution in [0, 0.1) is 47.5 Å². The van der Waals surface area contributed by atoms with Gasteiger partial charge in [-0.3, -0.25) is 0 Å². The zero-order valence-corrected chi connectivity index (χ0v) is 49.2. The molecule has 0 radical (unpaired) electrons. The summed E-state index contributed by atoms with van der Waals surface area (Å²) < 4.78 is 0. The van der Waals surface area contributed by atoms with Crippen molar-refractivity contribution >= 4 is 11.6 Å². The summed E-state index contributed by atoms with van der Waals surface area (Å²) in [5.74, 6) is 0.967. The van der Waals surface area contributed by atoms with Crippen LogP contribution in [0.4, 0.5) is 0 Å². The molecule has 8 aromatic carbocycles. The van der Waals surface area contributed by atoms with Crippen molar-refractivity contribution in [3.8, 4) is 33.4 Å². The minimum Gasteiger partial charge on any atom is -0.0985 e. The second-order valence-corrected chi connectivity index (χ2v) is 23.0. The molecule has 3 aliphatic rings. The number of hydrogen-bond acceptors (Lipinski definition) is 0. The molecule has 0 bridgehead atoms. The van der Waals surface area contributed by atoms with Crippen molar-refractivity contribution in [3.05, 3.63) is 273 Å². The van der Waals surface area contributed by atoms with Crippen molar-refractivity contribution in [3.63, 3.8) is 0 Å². The molecule has 0 unspecified atom stereocenters. The average molecular weight is 1010 g/mol. The van der Waals surface area contributed by atoms with Gasteiger partial charge in [0, 0.05) is 10.8 Å². The average Bonchev–Trinajstić information content (AvgIpc) is 3.88. The molecule has 11 rings (SSSR count). The molecule has 0 saturated heterocycles. The molecule has 0 nitrogen and oxygen atoms in total. The fourth-order valence-corrected chi connectivity index (χ4v) is 11.3. The van der Waals surface area contributed by atoms with Gasteiger partial charge in [0.2, 0.25) is 0 Å². The van der Waals surface area contributed by atoms with Gasteiger partial charge in [0.1, 0.15) is 0 Å². The summed E-state index contributed by atoms with van der Waals surface area (Å²) in [6.07, 6.45) is 15.4. The topological polar surface area (TPSA) is 0 Å². The summed E-state index contributed by atoms with van der Waals surface area (Å²) in [5, 5.41) is 0. The van der Waals surface area contributed by atoms with E-state index in [0.717, 1.165) is 25.2 Å². The van der Waals surface area contributed by atoms with Crippen LogP contribution in [0.2, 0.25) is 0 Å². The predicted molar refractivity (Wildman–Crippen MR) is 339 cm³/mol. The van der Waals surface area contributed by atoms with Crippen LogP contribution in [0.5, 0.6) is 0 Å². The lowest BCUT2D eigenvalue weighted by atomic mass is 9.80. The number of fused-ring (bicyclic) bond motifs is 4. The Kier molecular flexibility index (Phi) is 19.7. The molecule has 0 heterocycles. The summed E-state index contributed by atoms with van der Waals surface area (Å²) in [6.45, 7) is 32.8. The van der Waals surface area contributed by atoms with Gasteiger partial charge in [0.15, 0.2) is 0 Å². The van der Waals surface area contributed by atoms with Gasteiger partial charge in [-0.05, 0) is 168 Å². The monoisotopic (exact) mass is 1010 g/mol. The highest BCUT2D eigenvalue weighted by Gasteiger charge is 2.36. The van der Waals surface area contributed by atoms with Crippen molar-refractivity contribution < 1.29 is 0 Å². The quantitative estimate of drug-likeness (QED) is 0.135. The van der Waals surface area contributed by atoms with Gasteiger partial charge in [-0.1, -0.05) is 290 Å². The largest absolute Gasteiger partial charge is 0.0985 e. The molecular weight excluding hydrogens is 925 g/mol. The second-order valence-electron chi connectivity index (χ2n) is 23.0. The molecule has 0 amide bonds. The first-order chi connectivity index (χ1) is 37.0. The third kappa shape index (κ3) is 14.1. The Labute approximate surface area is 466 Å². The van der Waals surface area contributed by atoms with E-state index in [0.29, 0.717) is 0 Å². The minimum absolute atomic E-state index is 0.141. The van der Waals surface area contributed by atoms with Crippen LogP contribution in [-0.4, -0.2) is 0 Å². The molecule has 0 spiro atoms. The van der Waals surface area contributed by atoms with Crippen LogP contribution < -0.4 is 0 Å². The van der Waals surface area contributed by atoms with Crippen LogP contribution >= 0.6 is 0 Å². The van der Waals surface area contributed by atoms with Gasteiger partial charge in [-0.25, -0.2) is 0 Å². The Hall–Kier alpha value is -7.02. The third-order valence-corrected chi connectivity index (χ3v) is 16.4. The molecule has 1 saturated carbocycles. The second kappa shape index (κ2) is 26.4. The molecule has 1 fully saturated rings. The number of hydrogen-bond donors (Lipinski definition) is 0. The van der Waals surface area contributed by atoms with E-state index < -0.39 is 0 Å². The summed E-state index contributed by atoms with van der Waals surface area (Å²) in [5.41, 5.74) is 29.4. The van der Waals surface area contributed by atoms with E-state index in [2.05, 4.69) is 266 Å². The zero-order chi connectivity index (χ0) is 55.3. The summed E-state index contributed by atoms with van der Waals surface area (Å²) in [6, 6.07) is 63.8. The van der Waals surface area contributed by atoms with Crippen LogP contribution in [-0.2, 0) is 23.7 Å². The Morgan fingerprint density at radius 2 is 0.987 bits per heavy atom. The Bertz CT molecular complexity index is 3290. The van der Waals surface area contributed by atoms with E-state index in [1.807, 2.05) is 24.3 Å². The van der Waals surface area contributed by atoms with Gasteiger partial charge in [-0.2, -0.15) is 0 Å². The molecule has 77 heavy (non-hydrogen) atoms. The molecule has 3 aliphatic carbocycles. The van der Waals surface area contributed by atoms with E-state index >= 15 is 0 Å². The molecule has 0 aliphatic heterocycles. The SMILES string of the molecule is C=Cc1ccc(CC2CCC2)cc1.CC/C=C\C1=C(CC)C(C)(C)c2cc(C)ccc21.CCc1ccc2c(c1)C(C)(C)c1cc(C)ccc1-2.Cc1ccc(-c2ccc(C)c(-c3ccccc3C)c2)cc1.Cc1ccccc1. The zero-order valence-electron chi connectivity index (χ0n) is 49.2. The maximum Gasteiger partial charge on any atom is 0.0159 e. The van der Waals surface area contributed by atoms with Crippen molar-refractivity contribution in [2.45, 2.75) is 146 Å². The summed E-state index contributed by atoms with van der Waals surface area (Å²) >= 11 is 0. The first kappa shape index (κ1) is 57.7. The Morgan fingerprint density at radius 3 is 1.55 bits per heavy atom. The highest BCUT2D eigenvalue weighted by atomic mass is 14.4. The molecule has 0 heteroatoms. The molecule has 0 aromatic heterocycles. The van der Waals surface area contributed by atoms with E-state index in [1.54, 1.807) is 5.57 Å². The maximum absolute atomic E-state index is 3.75. The molecule has 8 aromatic rings. The van der Waals surface area contributed by atoms with Gasteiger partial charge in [0.05, 0.1) is 0 Å². The minimum atomic E-state index is 0.141. The Balaban J connectivity index is 0.000000144. The van der Waals surface area contributed by atoms with Crippen molar-refractivity contribution in [1.29, 1.82) is 0 Å². The third-order valence-electron chi connectivity index (χ3n) is 16.4. The maximum atomic E-state index is 3.75. The highest BCUT2D eigenvalue weighted by Crippen LogP contribution is 2.50. The smallest absolute Gasteiger partial charge is 0.0159 e. The standard InChI is InChI=1S/C21H20.C18H20.C18H24.C13H16.C7H8/c1-15-8-11-18(12-9-15)19-13-10-17(3)21(14-19)20-7-5-4-6-16(20)2;1-5-13-7-9-15-14-8-6-12(2)10-16(14)18(3,4)17(15)11-13;1-6-8-9-14-15-11-10-13(3)12-17(15)18(4,5)16(14)7-2;1-2-11-6-8-13(9-7-11)10-12-4-3-5-12;1-7-5-3-2-4-6-7/h4-14H,1-3H3;6-11H,5H2,1-4H3;8-12H,6-7H2,1-5H3;2,6-9,12H,1,3-5,10H2;2-6H,1H3/b;;9-8-;;. The molecule has 396 valence electrons. The van der Waals surface area contributed by atoms with E-state index in [9.17, 15) is 0 Å². The summed E-state index contributed by atoms with van der Waals surface area (Å²) in [4.78, 5) is 0. The molecular formula is C77H88.